The molecule has 148 valence electrons. The van der Waals surface area contributed by atoms with Crippen molar-refractivity contribution < 1.29 is 9.18 Å². The second kappa shape index (κ2) is 7.52. The number of aromatic nitrogens is 2. The highest BCUT2D eigenvalue weighted by molar-refractivity contribution is 6.31. The third kappa shape index (κ3) is 3.38. The lowest BCUT2D eigenvalue weighted by Crippen LogP contribution is -2.47. The molecule has 1 atom stereocenters. The van der Waals surface area contributed by atoms with Crippen LogP contribution in [0.5, 0.6) is 0 Å². The van der Waals surface area contributed by atoms with Gasteiger partial charge in [-0.05, 0) is 18.7 Å². The molecule has 4 rings (SSSR count). The van der Waals surface area contributed by atoms with E-state index >= 15 is 0 Å². The Morgan fingerprint density at radius 3 is 2.64 bits per heavy atom. The van der Waals surface area contributed by atoms with Gasteiger partial charge in [-0.3, -0.25) is 14.6 Å². The van der Waals surface area contributed by atoms with Gasteiger partial charge < -0.3 is 15.1 Å². The number of carbonyl (C=O) groups excluding carboxylic acids is 1. The number of aromatic amines is 1. The van der Waals surface area contributed by atoms with E-state index in [0.29, 0.717) is 5.95 Å². The summed E-state index contributed by atoms with van der Waals surface area (Å²) in [5.74, 6) is -1.05. The zero-order chi connectivity index (χ0) is 19.8. The predicted molar refractivity (Wildman–Crippen MR) is 106 cm³/mol. The topological polar surface area (TPSA) is 81.3 Å². The van der Waals surface area contributed by atoms with E-state index in [9.17, 15) is 14.0 Å². The molecule has 0 aliphatic carbocycles. The lowest BCUT2D eigenvalue weighted by molar-refractivity contribution is -0.116. The minimum atomic E-state index is -0.778. The number of likely N-dealkylation sites (N-methyl/N-ethyl adjacent to an activating group) is 1. The van der Waals surface area contributed by atoms with Crippen LogP contribution in [-0.2, 0) is 4.79 Å². The molecular formula is C19H21ClFN5O2. The Labute approximate surface area is 166 Å². The van der Waals surface area contributed by atoms with Gasteiger partial charge in [0.25, 0.3) is 5.56 Å². The average Bonchev–Trinajstić information content (AvgIpc) is 2.67. The summed E-state index contributed by atoms with van der Waals surface area (Å²) in [6.07, 6.45) is -0.0626. The minimum absolute atomic E-state index is 0.0626. The number of hydrogen-bond acceptors (Lipinski definition) is 5. The van der Waals surface area contributed by atoms with Crippen molar-refractivity contribution in [3.8, 4) is 0 Å². The van der Waals surface area contributed by atoms with Gasteiger partial charge in [0, 0.05) is 49.1 Å². The lowest BCUT2D eigenvalue weighted by atomic mass is 9.86. The first-order valence-corrected chi connectivity index (χ1v) is 9.71. The molecule has 9 heteroatoms. The van der Waals surface area contributed by atoms with Gasteiger partial charge in [0.15, 0.2) is 0 Å². The van der Waals surface area contributed by atoms with Gasteiger partial charge in [-0.2, -0.15) is 4.98 Å². The predicted octanol–water partition coefficient (Wildman–Crippen LogP) is 2.18. The number of halogens is 2. The van der Waals surface area contributed by atoms with Gasteiger partial charge in [-0.15, -0.1) is 0 Å². The smallest absolute Gasteiger partial charge is 0.258 e. The Bertz CT molecular complexity index is 951. The first-order chi connectivity index (χ1) is 13.5. The zero-order valence-electron chi connectivity index (χ0n) is 15.5. The van der Waals surface area contributed by atoms with Crippen molar-refractivity contribution in [2.45, 2.75) is 19.3 Å². The highest BCUT2D eigenvalue weighted by Crippen LogP contribution is 2.38. The van der Waals surface area contributed by atoms with Crippen LogP contribution in [-0.4, -0.2) is 53.5 Å². The van der Waals surface area contributed by atoms with Crippen LogP contribution < -0.4 is 15.8 Å². The molecule has 2 aliphatic rings. The largest absolute Gasteiger partial charge is 0.340 e. The van der Waals surface area contributed by atoms with Crippen LogP contribution in [0, 0.1) is 5.82 Å². The minimum Gasteiger partial charge on any atom is -0.340 e. The van der Waals surface area contributed by atoms with Crippen LogP contribution in [0.15, 0.2) is 23.0 Å². The molecular weight excluding hydrogens is 385 g/mol. The van der Waals surface area contributed by atoms with Crippen LogP contribution in [0.3, 0.4) is 0 Å². The summed E-state index contributed by atoms with van der Waals surface area (Å²) in [6, 6.07) is 4.32. The molecule has 0 radical (unpaired) electrons. The maximum absolute atomic E-state index is 14.5. The Hall–Kier alpha value is -2.45. The molecule has 3 heterocycles. The Balaban J connectivity index is 1.74. The highest BCUT2D eigenvalue weighted by Gasteiger charge is 2.34. The number of anilines is 2. The van der Waals surface area contributed by atoms with Crippen molar-refractivity contribution in [3.05, 3.63) is 50.5 Å². The molecule has 0 spiro atoms. The summed E-state index contributed by atoms with van der Waals surface area (Å²) in [6.45, 7) is 6.29. The SMILES string of the molecule is CCN1CCN(c2nc3c(c(=O)[nH]2)C(c2c(F)cccc2Cl)CC(=O)N3)CC1. The van der Waals surface area contributed by atoms with Crippen molar-refractivity contribution >= 4 is 29.3 Å². The van der Waals surface area contributed by atoms with E-state index in [1.54, 1.807) is 6.07 Å². The van der Waals surface area contributed by atoms with E-state index in [-0.39, 0.29) is 39.9 Å². The van der Waals surface area contributed by atoms with E-state index in [2.05, 4.69) is 27.1 Å². The Morgan fingerprint density at radius 2 is 1.96 bits per heavy atom. The summed E-state index contributed by atoms with van der Waals surface area (Å²) < 4.78 is 14.5. The summed E-state index contributed by atoms with van der Waals surface area (Å²) in [5, 5.41) is 2.85. The first-order valence-electron chi connectivity index (χ1n) is 9.33. The molecule has 1 aromatic carbocycles. The Kier molecular flexibility index (Phi) is 5.07. The van der Waals surface area contributed by atoms with Crippen LogP contribution in [0.1, 0.15) is 30.4 Å². The molecule has 0 saturated carbocycles. The molecule has 2 N–H and O–H groups in total. The number of rotatable bonds is 3. The lowest BCUT2D eigenvalue weighted by Gasteiger charge is -2.35. The van der Waals surface area contributed by atoms with Crippen LogP contribution in [0.4, 0.5) is 16.2 Å². The number of nitrogens with one attached hydrogen (secondary N) is 2. The van der Waals surface area contributed by atoms with Crippen LogP contribution in [0.2, 0.25) is 5.02 Å². The van der Waals surface area contributed by atoms with Gasteiger partial charge in [-0.1, -0.05) is 24.6 Å². The summed E-state index contributed by atoms with van der Waals surface area (Å²) >= 11 is 6.19. The number of H-pyrrole nitrogens is 1. The molecule has 1 amide bonds. The van der Waals surface area contributed by atoms with E-state index in [1.165, 1.54) is 12.1 Å². The molecule has 1 fully saturated rings. The number of nitrogens with zero attached hydrogens (tertiary/aromatic N) is 3. The molecule has 2 aromatic rings. The monoisotopic (exact) mass is 405 g/mol. The van der Waals surface area contributed by atoms with E-state index in [4.69, 9.17) is 11.6 Å². The molecule has 2 aliphatic heterocycles. The Morgan fingerprint density at radius 1 is 1.21 bits per heavy atom. The number of hydrogen-bond donors (Lipinski definition) is 2. The fourth-order valence-electron chi connectivity index (χ4n) is 3.88. The zero-order valence-corrected chi connectivity index (χ0v) is 16.2. The van der Waals surface area contributed by atoms with Gasteiger partial charge in [-0.25, -0.2) is 4.39 Å². The number of fused-ring (bicyclic) bond motifs is 1. The average molecular weight is 406 g/mol. The highest BCUT2D eigenvalue weighted by atomic mass is 35.5. The second-order valence-corrected chi connectivity index (χ2v) is 7.42. The normalized spacial score (nSPS) is 20.0. The van der Waals surface area contributed by atoms with Crippen molar-refractivity contribution in [2.75, 3.05) is 42.9 Å². The standard InChI is InChI=1S/C19H21ClFN5O2/c1-2-25-6-8-26(9-7-25)19-23-17-16(18(28)24-19)11(10-14(27)22-17)15-12(20)4-3-5-13(15)21/h3-5,11H,2,6-10H2,1H3,(H2,22,23,24,27,28). The van der Waals surface area contributed by atoms with E-state index < -0.39 is 11.7 Å². The van der Waals surface area contributed by atoms with Gasteiger partial charge in [0.2, 0.25) is 11.9 Å². The molecule has 1 saturated heterocycles. The van der Waals surface area contributed by atoms with Crippen LogP contribution >= 0.6 is 11.6 Å². The number of benzene rings is 1. The fraction of sp³-hybridized carbons (Fsp3) is 0.421. The van der Waals surface area contributed by atoms with E-state index in [0.717, 1.165) is 32.7 Å². The third-order valence-corrected chi connectivity index (χ3v) is 5.74. The van der Waals surface area contributed by atoms with E-state index in [1.807, 2.05) is 4.90 Å². The fourth-order valence-corrected chi connectivity index (χ4v) is 4.17. The van der Waals surface area contributed by atoms with Crippen molar-refractivity contribution in [3.63, 3.8) is 0 Å². The summed E-state index contributed by atoms with van der Waals surface area (Å²) in [7, 11) is 0. The van der Waals surface area contributed by atoms with Gasteiger partial charge >= 0.3 is 0 Å². The van der Waals surface area contributed by atoms with Crippen molar-refractivity contribution in [2.24, 2.45) is 0 Å². The molecule has 1 aromatic heterocycles. The quantitative estimate of drug-likeness (QED) is 0.818. The van der Waals surface area contributed by atoms with Crippen LogP contribution in [0.25, 0.3) is 0 Å². The number of amides is 1. The maximum Gasteiger partial charge on any atom is 0.258 e. The molecule has 7 nitrogen and oxygen atoms in total. The molecule has 28 heavy (non-hydrogen) atoms. The second-order valence-electron chi connectivity index (χ2n) is 7.01. The molecule has 0 bridgehead atoms. The van der Waals surface area contributed by atoms with Gasteiger partial charge in [0.1, 0.15) is 11.6 Å². The summed E-state index contributed by atoms with van der Waals surface area (Å²) in [4.78, 5) is 36.8. The maximum atomic E-state index is 14.5. The first kappa shape index (κ1) is 18.9. The number of piperazine rings is 1. The van der Waals surface area contributed by atoms with Crippen molar-refractivity contribution in [1.29, 1.82) is 0 Å². The van der Waals surface area contributed by atoms with Crippen molar-refractivity contribution in [1.82, 2.24) is 14.9 Å². The molecule has 1 unspecified atom stereocenters. The summed E-state index contributed by atoms with van der Waals surface area (Å²) in [5.41, 5.74) is 0.00154. The number of carbonyl (C=O) groups is 1. The third-order valence-electron chi connectivity index (χ3n) is 5.41. The van der Waals surface area contributed by atoms with Gasteiger partial charge in [0.05, 0.1) is 5.56 Å².